The monoisotopic (exact) mass is 738 g/mol. The Bertz CT molecular complexity index is 1670. The molecule has 4 aromatic rings. The van der Waals surface area contributed by atoms with E-state index < -0.39 is 5.43 Å². The largest absolute Gasteiger partial charge is 0.453 e. The van der Waals surface area contributed by atoms with Gasteiger partial charge in [0.05, 0.1) is 0 Å². The van der Waals surface area contributed by atoms with Crippen LogP contribution in [0.4, 0.5) is 9.59 Å². The first kappa shape index (κ1) is 42.7. The molecular formula is C44H55ClN4O4. The highest BCUT2D eigenvalue weighted by Gasteiger charge is 2.30. The van der Waals surface area contributed by atoms with Crippen LogP contribution in [0.5, 0.6) is 0 Å². The first-order valence-corrected chi connectivity index (χ1v) is 18.4. The molecule has 0 radical (unpaired) electrons. The molecule has 0 aromatic heterocycles. The smallest absolute Gasteiger partial charge is 0.407 e. The molecule has 1 amide bonds. The number of ether oxygens (including phenoxy) is 2. The van der Waals surface area contributed by atoms with Crippen LogP contribution in [0, 0.1) is 0 Å². The summed E-state index contributed by atoms with van der Waals surface area (Å²) in [6.07, 6.45) is 3.89. The number of halogens is 1. The van der Waals surface area contributed by atoms with Crippen molar-refractivity contribution in [2.45, 2.75) is 44.9 Å². The lowest BCUT2D eigenvalue weighted by Gasteiger charge is -2.14. The topological polar surface area (TPSA) is 115 Å². The quantitative estimate of drug-likeness (QED) is 0.0516. The van der Waals surface area contributed by atoms with E-state index in [-0.39, 0.29) is 32.0 Å². The lowest BCUT2D eigenvalue weighted by atomic mass is 9.98. The molecule has 2 aliphatic carbocycles. The average Bonchev–Trinajstić information content (AvgIpc) is 3.66. The minimum atomic E-state index is -0.753. The molecule has 0 bridgehead atoms. The molecule has 0 atom stereocenters. The molecule has 0 heterocycles. The molecule has 0 unspecified atom stereocenters. The number of carbonyl (C=O) groups excluding carboxylic acids is 2. The molecule has 0 saturated carbocycles. The van der Waals surface area contributed by atoms with E-state index in [9.17, 15) is 9.59 Å². The van der Waals surface area contributed by atoms with Crippen LogP contribution < -0.4 is 21.7 Å². The molecule has 0 aliphatic heterocycles. The third kappa shape index (κ3) is 12.7. The Labute approximate surface area is 320 Å². The highest BCUT2D eigenvalue weighted by Crippen LogP contribution is 2.45. The second-order valence-corrected chi connectivity index (χ2v) is 12.8. The predicted octanol–water partition coefficient (Wildman–Crippen LogP) is 8.99. The highest BCUT2D eigenvalue weighted by molar-refractivity contribution is 6.61. The van der Waals surface area contributed by atoms with E-state index in [4.69, 9.17) is 26.8 Å². The number of benzene rings is 4. The number of amides is 1. The van der Waals surface area contributed by atoms with Gasteiger partial charge in [0.25, 0.3) is 0 Å². The first-order chi connectivity index (χ1) is 25.5. The summed E-state index contributed by atoms with van der Waals surface area (Å²) in [6.45, 7) is 12.2. The standard InChI is InChI=1S/C25H36N4O2.C15H11ClO2.C3H4.CH4/c26-13-7-16-27-14-5-6-15-28-17-8-18-29-25(30)31-19-24-22-11-3-1-9-20(22)21-10-2-4-12-23(21)24;16-15(17)18-9-14-12-7-3-1-5-10(12)11-6-2-4-8-13(11)14;1-3-2;/h1-4,9-12,24,27-28H,5-8,13-19,26H2,(H,29,30);1-8,14H,9H2;1-2H2;1H4. The Kier molecular flexibility index (Phi) is 19.2. The Balaban J connectivity index is 0.000000290. The van der Waals surface area contributed by atoms with Crippen LogP contribution in [0.1, 0.15) is 67.2 Å². The molecule has 6 rings (SSSR count). The van der Waals surface area contributed by atoms with Gasteiger partial charge in [0, 0.05) is 30.0 Å². The van der Waals surface area contributed by atoms with Crippen LogP contribution in [-0.2, 0) is 9.47 Å². The number of alkyl carbamates (subject to hydrolysis) is 1. The van der Waals surface area contributed by atoms with Crippen molar-refractivity contribution < 1.29 is 19.1 Å². The van der Waals surface area contributed by atoms with Gasteiger partial charge < -0.3 is 31.2 Å². The normalized spacial score (nSPS) is 11.8. The minimum Gasteiger partial charge on any atom is -0.453 e. The van der Waals surface area contributed by atoms with Gasteiger partial charge in [0.1, 0.15) is 13.2 Å². The van der Waals surface area contributed by atoms with Gasteiger partial charge in [-0.05, 0) is 103 Å². The summed E-state index contributed by atoms with van der Waals surface area (Å²) in [5.41, 5.74) is 16.7. The summed E-state index contributed by atoms with van der Waals surface area (Å²) < 4.78 is 10.5. The predicted molar refractivity (Wildman–Crippen MR) is 219 cm³/mol. The molecule has 0 saturated heterocycles. The molecule has 4 aromatic carbocycles. The maximum atomic E-state index is 12.1. The second kappa shape index (κ2) is 23.8. The highest BCUT2D eigenvalue weighted by atomic mass is 35.5. The summed E-state index contributed by atoms with van der Waals surface area (Å²) >= 11 is 5.25. The van der Waals surface area contributed by atoms with Crippen LogP contribution >= 0.6 is 11.6 Å². The summed E-state index contributed by atoms with van der Waals surface area (Å²) in [5, 5.41) is 9.67. The number of rotatable bonds is 16. The van der Waals surface area contributed by atoms with Crippen LogP contribution in [0.3, 0.4) is 0 Å². The third-order valence-corrected chi connectivity index (χ3v) is 9.09. The number of hydrogen-bond acceptors (Lipinski definition) is 7. The van der Waals surface area contributed by atoms with E-state index in [2.05, 4.69) is 95.5 Å². The Morgan fingerprint density at radius 1 is 0.604 bits per heavy atom. The maximum absolute atomic E-state index is 12.1. The molecule has 8 nitrogen and oxygen atoms in total. The van der Waals surface area contributed by atoms with Crippen LogP contribution in [0.25, 0.3) is 22.3 Å². The van der Waals surface area contributed by atoms with Gasteiger partial charge in [-0.2, -0.15) is 0 Å². The molecule has 2 aliphatic rings. The van der Waals surface area contributed by atoms with Gasteiger partial charge in [0.15, 0.2) is 0 Å². The summed E-state index contributed by atoms with van der Waals surface area (Å²) in [4.78, 5) is 22.9. The van der Waals surface area contributed by atoms with Crippen molar-refractivity contribution in [1.82, 2.24) is 16.0 Å². The van der Waals surface area contributed by atoms with E-state index in [0.717, 1.165) is 58.4 Å². The van der Waals surface area contributed by atoms with Gasteiger partial charge in [-0.3, -0.25) is 0 Å². The average molecular weight is 739 g/mol. The fourth-order valence-electron chi connectivity index (χ4n) is 6.62. The van der Waals surface area contributed by atoms with Crippen molar-refractivity contribution in [1.29, 1.82) is 0 Å². The number of nitrogens with one attached hydrogen (secondary N) is 3. The number of fused-ring (bicyclic) bond motifs is 6. The lowest BCUT2D eigenvalue weighted by molar-refractivity contribution is 0.143. The van der Waals surface area contributed by atoms with Crippen LogP contribution in [0.2, 0.25) is 0 Å². The van der Waals surface area contributed by atoms with Gasteiger partial charge >= 0.3 is 11.5 Å². The van der Waals surface area contributed by atoms with Crippen molar-refractivity contribution in [2.75, 3.05) is 52.5 Å². The zero-order chi connectivity index (χ0) is 37.0. The fraction of sp³-hybridized carbons (Fsp3) is 0.341. The van der Waals surface area contributed by atoms with E-state index in [1.54, 1.807) is 0 Å². The van der Waals surface area contributed by atoms with E-state index in [1.807, 2.05) is 36.4 Å². The molecule has 53 heavy (non-hydrogen) atoms. The number of hydrogen-bond donors (Lipinski definition) is 4. The second-order valence-electron chi connectivity index (χ2n) is 12.5. The Morgan fingerprint density at radius 2 is 0.962 bits per heavy atom. The van der Waals surface area contributed by atoms with Crippen molar-refractivity contribution in [2.24, 2.45) is 5.73 Å². The van der Waals surface area contributed by atoms with Crippen molar-refractivity contribution in [3.05, 3.63) is 138 Å². The van der Waals surface area contributed by atoms with Crippen molar-refractivity contribution in [3.8, 4) is 22.3 Å². The van der Waals surface area contributed by atoms with Crippen LogP contribution in [0.15, 0.2) is 116 Å². The molecule has 0 spiro atoms. The van der Waals surface area contributed by atoms with Gasteiger partial charge in [-0.25, -0.2) is 9.59 Å². The molecule has 282 valence electrons. The van der Waals surface area contributed by atoms with Gasteiger partial charge in [-0.15, -0.1) is 5.73 Å². The van der Waals surface area contributed by atoms with E-state index in [0.29, 0.717) is 13.2 Å². The number of nitrogens with two attached hydrogens (primary N) is 1. The van der Waals surface area contributed by atoms with Crippen molar-refractivity contribution in [3.63, 3.8) is 0 Å². The van der Waals surface area contributed by atoms with E-state index >= 15 is 0 Å². The van der Waals surface area contributed by atoms with Crippen LogP contribution in [-0.4, -0.2) is 64.0 Å². The summed E-state index contributed by atoms with van der Waals surface area (Å²) in [7, 11) is 0. The third-order valence-electron chi connectivity index (χ3n) is 8.98. The fourth-order valence-corrected chi connectivity index (χ4v) is 6.68. The lowest BCUT2D eigenvalue weighted by Crippen LogP contribution is -2.29. The van der Waals surface area contributed by atoms with E-state index in [1.165, 1.54) is 44.5 Å². The SMILES string of the molecule is C.C=C=C.NCCCNCCCCNCCCNC(=O)OCC1c2ccccc2-c2ccccc21.O=C(Cl)OCC1c2ccccc2-c2ccccc21. The first-order valence-electron chi connectivity index (χ1n) is 18.0. The molecule has 5 N–H and O–H groups in total. The molecule has 9 heteroatoms. The number of unbranched alkanes of at least 4 members (excludes halogenated alkanes) is 1. The minimum absolute atomic E-state index is 0. The zero-order valence-corrected chi connectivity index (χ0v) is 30.6. The molecular weight excluding hydrogens is 684 g/mol. The van der Waals surface area contributed by atoms with Crippen molar-refractivity contribution >= 4 is 23.1 Å². The van der Waals surface area contributed by atoms with Gasteiger partial charge in [-0.1, -0.05) is 118 Å². The molecule has 0 fully saturated rings. The maximum Gasteiger partial charge on any atom is 0.407 e. The van der Waals surface area contributed by atoms with Gasteiger partial charge in [0.2, 0.25) is 0 Å². The Hall–Kier alpha value is -4.69. The zero-order valence-electron chi connectivity index (χ0n) is 29.9. The number of carbonyl (C=O) groups is 2. The summed E-state index contributed by atoms with van der Waals surface area (Å²) in [5.74, 6) is 0.185. The summed E-state index contributed by atoms with van der Waals surface area (Å²) in [6, 6.07) is 33.1. The Morgan fingerprint density at radius 3 is 1.36 bits per heavy atom.